The standard InChI is InChI=1S/C16H11FN2O2/c17-14-6-3-7-15(16(14)19(20)21)18-13-9-8-11-4-1-2-5-12(11)10-13/h1-10,18H. The van der Waals surface area contributed by atoms with E-state index >= 15 is 0 Å². The number of nitro benzene ring substituents is 1. The normalized spacial score (nSPS) is 10.5. The fraction of sp³-hybridized carbons (Fsp3) is 0. The molecule has 0 aliphatic carbocycles. The maximum Gasteiger partial charge on any atom is 0.327 e. The van der Waals surface area contributed by atoms with Crippen molar-refractivity contribution in [2.75, 3.05) is 5.32 Å². The minimum Gasteiger partial charge on any atom is -0.350 e. The van der Waals surface area contributed by atoms with Gasteiger partial charge in [0.1, 0.15) is 5.69 Å². The van der Waals surface area contributed by atoms with Crippen molar-refractivity contribution in [1.82, 2.24) is 0 Å². The fourth-order valence-electron chi connectivity index (χ4n) is 2.22. The number of nitro groups is 1. The molecular weight excluding hydrogens is 271 g/mol. The second-order valence-corrected chi connectivity index (χ2v) is 4.58. The zero-order chi connectivity index (χ0) is 14.8. The number of hydrogen-bond donors (Lipinski definition) is 1. The molecule has 0 unspecified atom stereocenters. The molecule has 0 bridgehead atoms. The summed E-state index contributed by atoms with van der Waals surface area (Å²) < 4.78 is 13.6. The van der Waals surface area contributed by atoms with Gasteiger partial charge < -0.3 is 5.32 Å². The van der Waals surface area contributed by atoms with Gasteiger partial charge in [0.05, 0.1) is 4.92 Å². The van der Waals surface area contributed by atoms with Crippen LogP contribution in [-0.2, 0) is 0 Å². The Hall–Kier alpha value is -2.95. The van der Waals surface area contributed by atoms with Crippen molar-refractivity contribution in [3.8, 4) is 0 Å². The molecule has 3 aromatic rings. The number of para-hydroxylation sites is 1. The highest BCUT2D eigenvalue weighted by molar-refractivity contribution is 5.87. The molecule has 0 saturated carbocycles. The van der Waals surface area contributed by atoms with Crippen LogP contribution in [0.1, 0.15) is 0 Å². The highest BCUT2D eigenvalue weighted by atomic mass is 19.1. The van der Waals surface area contributed by atoms with Crippen molar-refractivity contribution < 1.29 is 9.31 Å². The molecule has 0 radical (unpaired) electrons. The quantitative estimate of drug-likeness (QED) is 0.563. The van der Waals surface area contributed by atoms with E-state index in [1.807, 2.05) is 36.4 Å². The van der Waals surface area contributed by atoms with E-state index in [1.54, 1.807) is 6.07 Å². The molecule has 21 heavy (non-hydrogen) atoms. The van der Waals surface area contributed by atoms with Crippen LogP contribution >= 0.6 is 0 Å². The lowest BCUT2D eigenvalue weighted by atomic mass is 10.1. The second kappa shape index (κ2) is 5.20. The largest absolute Gasteiger partial charge is 0.350 e. The van der Waals surface area contributed by atoms with Gasteiger partial charge in [0, 0.05) is 5.69 Å². The van der Waals surface area contributed by atoms with E-state index in [0.29, 0.717) is 5.69 Å². The topological polar surface area (TPSA) is 55.2 Å². The highest BCUT2D eigenvalue weighted by Gasteiger charge is 2.19. The van der Waals surface area contributed by atoms with Gasteiger partial charge in [-0.05, 0) is 35.0 Å². The third-order valence-corrected chi connectivity index (χ3v) is 3.20. The van der Waals surface area contributed by atoms with E-state index in [0.717, 1.165) is 16.8 Å². The fourth-order valence-corrected chi connectivity index (χ4v) is 2.22. The average molecular weight is 282 g/mol. The molecule has 3 rings (SSSR count). The van der Waals surface area contributed by atoms with Crippen LogP contribution in [0.15, 0.2) is 60.7 Å². The number of nitrogens with one attached hydrogen (secondary N) is 1. The number of rotatable bonds is 3. The third-order valence-electron chi connectivity index (χ3n) is 3.20. The van der Waals surface area contributed by atoms with Gasteiger partial charge in [-0.2, -0.15) is 4.39 Å². The summed E-state index contributed by atoms with van der Waals surface area (Å²) in [7, 11) is 0. The number of benzene rings is 3. The lowest BCUT2D eigenvalue weighted by Crippen LogP contribution is -1.99. The zero-order valence-electron chi connectivity index (χ0n) is 10.9. The molecule has 0 fully saturated rings. The van der Waals surface area contributed by atoms with E-state index in [1.165, 1.54) is 12.1 Å². The van der Waals surface area contributed by atoms with E-state index in [9.17, 15) is 14.5 Å². The maximum absolute atomic E-state index is 13.6. The Labute approximate surface area is 120 Å². The summed E-state index contributed by atoms with van der Waals surface area (Å²) >= 11 is 0. The maximum atomic E-state index is 13.6. The van der Waals surface area contributed by atoms with Gasteiger partial charge in [0.2, 0.25) is 5.82 Å². The predicted octanol–water partition coefficient (Wildman–Crippen LogP) is 4.63. The molecule has 104 valence electrons. The molecule has 5 heteroatoms. The minimum atomic E-state index is -0.856. The molecule has 0 heterocycles. The number of anilines is 2. The summed E-state index contributed by atoms with van der Waals surface area (Å²) in [5.74, 6) is -0.856. The van der Waals surface area contributed by atoms with Gasteiger partial charge in [-0.15, -0.1) is 0 Å². The molecule has 0 aliphatic heterocycles. The van der Waals surface area contributed by atoms with Crippen LogP contribution in [0.3, 0.4) is 0 Å². The first kappa shape index (κ1) is 13.1. The van der Waals surface area contributed by atoms with Crippen LogP contribution < -0.4 is 5.32 Å². The van der Waals surface area contributed by atoms with Gasteiger partial charge in [0.25, 0.3) is 0 Å². The Kier molecular flexibility index (Phi) is 3.23. The number of fused-ring (bicyclic) bond motifs is 1. The SMILES string of the molecule is O=[N+]([O-])c1c(F)cccc1Nc1ccc2ccccc2c1. The van der Waals surface area contributed by atoms with Crippen LogP contribution in [-0.4, -0.2) is 4.92 Å². The van der Waals surface area contributed by atoms with Crippen LogP contribution in [0, 0.1) is 15.9 Å². The van der Waals surface area contributed by atoms with Crippen LogP contribution in [0.5, 0.6) is 0 Å². The molecule has 4 nitrogen and oxygen atoms in total. The third kappa shape index (κ3) is 2.53. The smallest absolute Gasteiger partial charge is 0.327 e. The second-order valence-electron chi connectivity index (χ2n) is 4.58. The molecule has 0 amide bonds. The Balaban J connectivity index is 2.02. The van der Waals surface area contributed by atoms with Crippen molar-refractivity contribution in [2.45, 2.75) is 0 Å². The lowest BCUT2D eigenvalue weighted by Gasteiger charge is -2.08. The summed E-state index contributed by atoms with van der Waals surface area (Å²) in [5.41, 5.74) is 0.253. The Bertz CT molecular complexity index is 833. The summed E-state index contributed by atoms with van der Waals surface area (Å²) in [4.78, 5) is 10.2. The van der Waals surface area contributed by atoms with Gasteiger partial charge in [0.15, 0.2) is 0 Å². The van der Waals surface area contributed by atoms with Gasteiger partial charge in [-0.1, -0.05) is 36.4 Å². The van der Waals surface area contributed by atoms with E-state index in [2.05, 4.69) is 5.32 Å². The molecule has 3 aromatic carbocycles. The number of nitrogens with zero attached hydrogens (tertiary/aromatic N) is 1. The van der Waals surface area contributed by atoms with Crippen molar-refractivity contribution in [3.05, 3.63) is 76.6 Å². The Morgan fingerprint density at radius 2 is 1.71 bits per heavy atom. The van der Waals surface area contributed by atoms with E-state index in [-0.39, 0.29) is 5.69 Å². The molecule has 0 saturated heterocycles. The molecule has 0 aromatic heterocycles. The molecule has 0 aliphatic rings. The Morgan fingerprint density at radius 3 is 2.48 bits per heavy atom. The highest BCUT2D eigenvalue weighted by Crippen LogP contribution is 2.31. The summed E-state index contributed by atoms with van der Waals surface area (Å²) in [5, 5.41) is 15.9. The van der Waals surface area contributed by atoms with Crippen molar-refractivity contribution in [2.24, 2.45) is 0 Å². The van der Waals surface area contributed by atoms with Gasteiger partial charge in [-0.25, -0.2) is 0 Å². The van der Waals surface area contributed by atoms with Crippen LogP contribution in [0.25, 0.3) is 10.8 Å². The van der Waals surface area contributed by atoms with Crippen LogP contribution in [0.2, 0.25) is 0 Å². The van der Waals surface area contributed by atoms with Gasteiger partial charge in [-0.3, -0.25) is 10.1 Å². The van der Waals surface area contributed by atoms with Crippen LogP contribution in [0.4, 0.5) is 21.5 Å². The monoisotopic (exact) mass is 282 g/mol. The predicted molar refractivity (Wildman–Crippen MR) is 80.3 cm³/mol. The first-order chi connectivity index (χ1) is 10.1. The van der Waals surface area contributed by atoms with E-state index < -0.39 is 16.4 Å². The molecule has 0 atom stereocenters. The minimum absolute atomic E-state index is 0.135. The molecule has 0 spiro atoms. The summed E-state index contributed by atoms with van der Waals surface area (Å²) in [6, 6.07) is 17.3. The first-order valence-corrected chi connectivity index (χ1v) is 6.34. The number of halogens is 1. The van der Waals surface area contributed by atoms with Crippen molar-refractivity contribution >= 4 is 27.8 Å². The Morgan fingerprint density at radius 1 is 0.952 bits per heavy atom. The van der Waals surface area contributed by atoms with Crippen molar-refractivity contribution in [1.29, 1.82) is 0 Å². The molecule has 1 N–H and O–H groups in total. The lowest BCUT2D eigenvalue weighted by molar-refractivity contribution is -0.386. The average Bonchev–Trinajstić information content (AvgIpc) is 2.47. The summed E-state index contributed by atoms with van der Waals surface area (Å²) in [6.07, 6.45) is 0. The number of hydrogen-bond acceptors (Lipinski definition) is 3. The summed E-state index contributed by atoms with van der Waals surface area (Å²) in [6.45, 7) is 0. The van der Waals surface area contributed by atoms with Crippen molar-refractivity contribution in [3.63, 3.8) is 0 Å². The zero-order valence-corrected chi connectivity index (χ0v) is 10.9. The van der Waals surface area contributed by atoms with Gasteiger partial charge >= 0.3 is 5.69 Å². The molecular formula is C16H11FN2O2. The van der Waals surface area contributed by atoms with E-state index in [4.69, 9.17) is 0 Å². The first-order valence-electron chi connectivity index (χ1n) is 6.34.